The largest absolute Gasteiger partial charge is 0.384 e. The van der Waals surface area contributed by atoms with Crippen molar-refractivity contribution in [3.8, 4) is 0 Å². The zero-order valence-corrected chi connectivity index (χ0v) is 10.3. The quantitative estimate of drug-likeness (QED) is 0.794. The lowest BCUT2D eigenvalue weighted by atomic mass is 10.2. The standard InChI is InChI=1S/C12H21N3O/c1-4-15(10(2)9-16-3)8-11-5-6-14-12(13)7-11/h5-7,10H,4,8-9H2,1-3H3,(H2,13,14). The van der Waals surface area contributed by atoms with E-state index in [0.717, 1.165) is 19.7 Å². The van der Waals surface area contributed by atoms with Crippen LogP contribution in [-0.2, 0) is 11.3 Å². The Bertz CT molecular complexity index is 317. The normalized spacial score (nSPS) is 13.0. The minimum absolute atomic E-state index is 0.407. The average Bonchev–Trinajstić information content (AvgIpc) is 2.26. The van der Waals surface area contributed by atoms with E-state index in [1.54, 1.807) is 13.3 Å². The van der Waals surface area contributed by atoms with Crippen LogP contribution in [0.4, 0.5) is 5.82 Å². The summed E-state index contributed by atoms with van der Waals surface area (Å²) in [6.45, 7) is 6.93. The van der Waals surface area contributed by atoms with Crippen LogP contribution in [-0.4, -0.2) is 36.2 Å². The van der Waals surface area contributed by atoms with Crippen LogP contribution in [0.2, 0.25) is 0 Å². The van der Waals surface area contributed by atoms with Crippen LogP contribution < -0.4 is 5.73 Å². The third-order valence-corrected chi connectivity index (χ3v) is 2.67. The first-order valence-corrected chi connectivity index (χ1v) is 5.60. The van der Waals surface area contributed by atoms with Gasteiger partial charge in [-0.3, -0.25) is 4.90 Å². The van der Waals surface area contributed by atoms with Gasteiger partial charge in [0.25, 0.3) is 0 Å². The van der Waals surface area contributed by atoms with Crippen LogP contribution in [0.1, 0.15) is 19.4 Å². The predicted molar refractivity (Wildman–Crippen MR) is 66.1 cm³/mol. The summed E-state index contributed by atoms with van der Waals surface area (Å²) >= 11 is 0. The third-order valence-electron chi connectivity index (χ3n) is 2.67. The molecule has 0 aliphatic heterocycles. The van der Waals surface area contributed by atoms with Crippen molar-refractivity contribution in [2.75, 3.05) is 26.0 Å². The molecule has 1 atom stereocenters. The van der Waals surface area contributed by atoms with Crippen molar-refractivity contribution in [1.29, 1.82) is 0 Å². The Kier molecular flexibility index (Phi) is 5.22. The highest BCUT2D eigenvalue weighted by atomic mass is 16.5. The van der Waals surface area contributed by atoms with Gasteiger partial charge in [0.2, 0.25) is 0 Å². The highest BCUT2D eigenvalue weighted by Crippen LogP contribution is 2.09. The molecule has 0 aromatic carbocycles. The minimum Gasteiger partial charge on any atom is -0.384 e. The van der Waals surface area contributed by atoms with E-state index in [9.17, 15) is 0 Å². The van der Waals surface area contributed by atoms with E-state index in [2.05, 4.69) is 23.7 Å². The molecule has 4 nitrogen and oxygen atoms in total. The second-order valence-electron chi connectivity index (χ2n) is 3.96. The summed E-state index contributed by atoms with van der Waals surface area (Å²) in [4.78, 5) is 6.33. The molecule has 0 saturated heterocycles. The summed E-state index contributed by atoms with van der Waals surface area (Å²) < 4.78 is 5.17. The molecular formula is C12H21N3O. The zero-order chi connectivity index (χ0) is 12.0. The van der Waals surface area contributed by atoms with E-state index >= 15 is 0 Å². The minimum atomic E-state index is 0.407. The summed E-state index contributed by atoms with van der Waals surface area (Å²) in [5.74, 6) is 0.577. The second kappa shape index (κ2) is 6.45. The highest BCUT2D eigenvalue weighted by Gasteiger charge is 2.12. The molecule has 1 aromatic heterocycles. The van der Waals surface area contributed by atoms with Gasteiger partial charge < -0.3 is 10.5 Å². The molecule has 0 fully saturated rings. The van der Waals surface area contributed by atoms with Crippen molar-refractivity contribution in [3.05, 3.63) is 23.9 Å². The highest BCUT2D eigenvalue weighted by molar-refractivity contribution is 5.31. The van der Waals surface area contributed by atoms with Crippen LogP contribution >= 0.6 is 0 Å². The molecule has 1 rings (SSSR count). The van der Waals surface area contributed by atoms with Crippen LogP contribution in [0.3, 0.4) is 0 Å². The fraction of sp³-hybridized carbons (Fsp3) is 0.583. The zero-order valence-electron chi connectivity index (χ0n) is 10.3. The number of hydrogen-bond donors (Lipinski definition) is 1. The number of ether oxygens (including phenoxy) is 1. The number of nitrogen functional groups attached to an aromatic ring is 1. The van der Waals surface area contributed by atoms with Crippen molar-refractivity contribution in [1.82, 2.24) is 9.88 Å². The maximum Gasteiger partial charge on any atom is 0.123 e. The molecule has 0 radical (unpaired) electrons. The van der Waals surface area contributed by atoms with E-state index in [1.165, 1.54) is 5.56 Å². The maximum atomic E-state index is 5.66. The van der Waals surface area contributed by atoms with E-state index in [0.29, 0.717) is 11.9 Å². The van der Waals surface area contributed by atoms with Gasteiger partial charge in [0.15, 0.2) is 0 Å². The smallest absolute Gasteiger partial charge is 0.123 e. The summed E-state index contributed by atoms with van der Waals surface area (Å²) in [5, 5.41) is 0. The molecule has 0 bridgehead atoms. The molecule has 0 aliphatic rings. The lowest BCUT2D eigenvalue weighted by molar-refractivity contribution is 0.0982. The number of anilines is 1. The van der Waals surface area contributed by atoms with Crippen LogP contribution in [0.15, 0.2) is 18.3 Å². The Balaban J connectivity index is 2.62. The molecule has 16 heavy (non-hydrogen) atoms. The van der Waals surface area contributed by atoms with Crippen LogP contribution in [0.25, 0.3) is 0 Å². The van der Waals surface area contributed by atoms with Gasteiger partial charge in [-0.2, -0.15) is 0 Å². The second-order valence-corrected chi connectivity index (χ2v) is 3.96. The Morgan fingerprint density at radius 2 is 2.31 bits per heavy atom. The van der Waals surface area contributed by atoms with Gasteiger partial charge in [-0.25, -0.2) is 4.98 Å². The van der Waals surface area contributed by atoms with Crippen molar-refractivity contribution in [2.24, 2.45) is 0 Å². The fourth-order valence-corrected chi connectivity index (χ4v) is 1.75. The number of hydrogen-bond acceptors (Lipinski definition) is 4. The number of pyridine rings is 1. The van der Waals surface area contributed by atoms with E-state index in [-0.39, 0.29) is 0 Å². The van der Waals surface area contributed by atoms with Crippen molar-refractivity contribution >= 4 is 5.82 Å². The Labute approximate surface area is 97.4 Å². The molecule has 4 heteroatoms. The SMILES string of the molecule is CCN(Cc1ccnc(N)c1)C(C)COC. The first-order chi connectivity index (χ1) is 7.67. The molecule has 0 spiro atoms. The number of rotatable bonds is 6. The van der Waals surface area contributed by atoms with Crippen molar-refractivity contribution in [3.63, 3.8) is 0 Å². The number of nitrogens with zero attached hydrogens (tertiary/aromatic N) is 2. The molecule has 0 saturated carbocycles. The molecule has 90 valence electrons. The molecule has 1 aromatic rings. The Morgan fingerprint density at radius 1 is 1.56 bits per heavy atom. The van der Waals surface area contributed by atoms with Gasteiger partial charge in [-0.05, 0) is 31.2 Å². The van der Waals surface area contributed by atoms with Gasteiger partial charge in [0.1, 0.15) is 5.82 Å². The lowest BCUT2D eigenvalue weighted by Crippen LogP contribution is -2.35. The predicted octanol–water partition coefficient (Wildman–Crippen LogP) is 1.52. The van der Waals surface area contributed by atoms with Gasteiger partial charge in [-0.1, -0.05) is 6.92 Å². The number of nitrogens with two attached hydrogens (primary N) is 1. The Morgan fingerprint density at radius 3 is 2.88 bits per heavy atom. The summed E-state index contributed by atoms with van der Waals surface area (Å²) in [5.41, 5.74) is 6.85. The maximum absolute atomic E-state index is 5.66. The van der Waals surface area contributed by atoms with E-state index in [1.807, 2.05) is 12.1 Å². The molecule has 0 aliphatic carbocycles. The molecular weight excluding hydrogens is 202 g/mol. The number of likely N-dealkylation sites (N-methyl/N-ethyl adjacent to an activating group) is 1. The van der Waals surface area contributed by atoms with Crippen LogP contribution in [0.5, 0.6) is 0 Å². The van der Waals surface area contributed by atoms with Crippen LogP contribution in [0, 0.1) is 0 Å². The summed E-state index contributed by atoms with van der Waals surface area (Å²) in [6, 6.07) is 4.32. The number of aromatic nitrogens is 1. The summed E-state index contributed by atoms with van der Waals surface area (Å²) in [6.07, 6.45) is 1.75. The van der Waals surface area contributed by atoms with E-state index in [4.69, 9.17) is 10.5 Å². The monoisotopic (exact) mass is 223 g/mol. The topological polar surface area (TPSA) is 51.4 Å². The van der Waals surface area contributed by atoms with Crippen molar-refractivity contribution in [2.45, 2.75) is 26.4 Å². The first kappa shape index (κ1) is 12.9. The van der Waals surface area contributed by atoms with Gasteiger partial charge in [-0.15, -0.1) is 0 Å². The number of methoxy groups -OCH3 is 1. The van der Waals surface area contributed by atoms with Gasteiger partial charge in [0, 0.05) is 25.9 Å². The lowest BCUT2D eigenvalue weighted by Gasteiger charge is -2.27. The molecule has 1 heterocycles. The van der Waals surface area contributed by atoms with Gasteiger partial charge in [0.05, 0.1) is 6.61 Å². The first-order valence-electron chi connectivity index (χ1n) is 5.60. The summed E-state index contributed by atoms with van der Waals surface area (Å²) in [7, 11) is 1.73. The Hall–Kier alpha value is -1.13. The fourth-order valence-electron chi connectivity index (χ4n) is 1.75. The molecule has 2 N–H and O–H groups in total. The van der Waals surface area contributed by atoms with Gasteiger partial charge >= 0.3 is 0 Å². The average molecular weight is 223 g/mol. The molecule has 1 unspecified atom stereocenters. The van der Waals surface area contributed by atoms with E-state index < -0.39 is 0 Å². The molecule has 0 amide bonds. The third kappa shape index (κ3) is 3.79. The van der Waals surface area contributed by atoms with Crippen molar-refractivity contribution < 1.29 is 4.74 Å².